The Bertz CT molecular complexity index is 616. The number of halogens is 1. The van der Waals surface area contributed by atoms with Crippen molar-refractivity contribution in [2.45, 2.75) is 57.0 Å². The number of sulfonamides is 1. The van der Waals surface area contributed by atoms with Crippen LogP contribution in [0.15, 0.2) is 17.0 Å². The van der Waals surface area contributed by atoms with Crippen LogP contribution in [0.1, 0.15) is 43.7 Å². The first-order valence-electron chi connectivity index (χ1n) is 7.35. The Morgan fingerprint density at radius 3 is 2.71 bits per heavy atom. The van der Waals surface area contributed by atoms with Crippen LogP contribution in [0.25, 0.3) is 0 Å². The van der Waals surface area contributed by atoms with Gasteiger partial charge in [0.15, 0.2) is 0 Å². The zero-order valence-electron chi connectivity index (χ0n) is 12.5. The van der Waals surface area contributed by atoms with Gasteiger partial charge >= 0.3 is 0 Å². The maximum atomic E-state index is 13.8. The Morgan fingerprint density at radius 2 is 2.10 bits per heavy atom. The van der Waals surface area contributed by atoms with Gasteiger partial charge in [0.1, 0.15) is 5.82 Å². The molecule has 2 unspecified atom stereocenters. The molecule has 21 heavy (non-hydrogen) atoms. The molecule has 1 aromatic rings. The molecule has 1 aliphatic carbocycles. The van der Waals surface area contributed by atoms with E-state index < -0.39 is 15.8 Å². The van der Waals surface area contributed by atoms with E-state index in [4.69, 9.17) is 5.73 Å². The Morgan fingerprint density at radius 1 is 1.38 bits per heavy atom. The summed E-state index contributed by atoms with van der Waals surface area (Å²) in [5, 5.41) is 0. The van der Waals surface area contributed by atoms with E-state index in [-0.39, 0.29) is 23.0 Å². The van der Waals surface area contributed by atoms with Crippen LogP contribution in [0.4, 0.5) is 4.39 Å². The number of rotatable bonds is 4. The lowest BCUT2D eigenvalue weighted by Gasteiger charge is -2.27. The maximum Gasteiger partial charge on any atom is 0.240 e. The lowest BCUT2D eigenvalue weighted by Crippen LogP contribution is -2.38. The van der Waals surface area contributed by atoms with Crippen molar-refractivity contribution >= 4 is 10.0 Å². The highest BCUT2D eigenvalue weighted by Gasteiger charge is 2.25. The molecule has 2 atom stereocenters. The van der Waals surface area contributed by atoms with E-state index >= 15 is 0 Å². The third kappa shape index (κ3) is 3.81. The van der Waals surface area contributed by atoms with Crippen LogP contribution in [0.2, 0.25) is 0 Å². The number of nitrogens with one attached hydrogen (secondary N) is 1. The number of aryl methyl sites for hydroxylation is 1. The largest absolute Gasteiger partial charge is 0.326 e. The fourth-order valence-corrected chi connectivity index (χ4v) is 4.36. The average molecular weight is 314 g/mol. The van der Waals surface area contributed by atoms with Gasteiger partial charge < -0.3 is 5.73 Å². The van der Waals surface area contributed by atoms with Crippen LogP contribution in [-0.4, -0.2) is 14.5 Å². The van der Waals surface area contributed by atoms with Crippen molar-refractivity contribution < 1.29 is 12.8 Å². The molecule has 0 radical (unpaired) electrons. The lowest BCUT2D eigenvalue weighted by atomic mass is 9.88. The highest BCUT2D eigenvalue weighted by atomic mass is 32.2. The first-order valence-corrected chi connectivity index (χ1v) is 8.83. The molecule has 1 aromatic carbocycles. The summed E-state index contributed by atoms with van der Waals surface area (Å²) < 4.78 is 41.5. The van der Waals surface area contributed by atoms with Crippen molar-refractivity contribution in [2.24, 2.45) is 11.7 Å². The molecule has 6 heteroatoms. The van der Waals surface area contributed by atoms with E-state index in [1.165, 1.54) is 12.1 Å². The van der Waals surface area contributed by atoms with Crippen LogP contribution in [0, 0.1) is 18.7 Å². The van der Waals surface area contributed by atoms with Gasteiger partial charge in [-0.2, -0.15) is 0 Å². The number of hydrogen-bond donors (Lipinski definition) is 2. The van der Waals surface area contributed by atoms with Gasteiger partial charge in [0.25, 0.3) is 0 Å². The Balaban J connectivity index is 2.25. The molecule has 3 N–H and O–H groups in total. The van der Waals surface area contributed by atoms with E-state index in [1.807, 2.05) is 0 Å². The lowest BCUT2D eigenvalue weighted by molar-refractivity contribution is 0.327. The summed E-state index contributed by atoms with van der Waals surface area (Å²) in [5.41, 5.74) is 6.01. The molecule has 118 valence electrons. The molecule has 4 nitrogen and oxygen atoms in total. The van der Waals surface area contributed by atoms with Gasteiger partial charge in [-0.15, -0.1) is 0 Å². The van der Waals surface area contributed by atoms with Crippen LogP contribution in [0.3, 0.4) is 0 Å². The molecule has 1 saturated carbocycles. The molecule has 0 aromatic heterocycles. The molecule has 0 amide bonds. The second-order valence-electron chi connectivity index (χ2n) is 6.01. The summed E-state index contributed by atoms with van der Waals surface area (Å²) >= 11 is 0. The smallest absolute Gasteiger partial charge is 0.240 e. The van der Waals surface area contributed by atoms with E-state index in [2.05, 4.69) is 11.6 Å². The molecule has 0 spiro atoms. The molecule has 1 fully saturated rings. The molecular weight excluding hydrogens is 291 g/mol. The van der Waals surface area contributed by atoms with Crippen molar-refractivity contribution in [1.29, 1.82) is 0 Å². The normalized spacial score (nSPS) is 23.2. The molecule has 0 aliphatic heterocycles. The van der Waals surface area contributed by atoms with Gasteiger partial charge in [-0.05, 0) is 43.4 Å². The van der Waals surface area contributed by atoms with Crippen LogP contribution in [0.5, 0.6) is 0 Å². The monoisotopic (exact) mass is 314 g/mol. The SMILES string of the molecule is Cc1cc(S(=O)(=O)NC2CCCC(C)C2)cc(CN)c1F. The summed E-state index contributed by atoms with van der Waals surface area (Å²) in [6, 6.07) is 2.66. The Kier molecular flexibility index (Phi) is 5.01. The molecule has 0 bridgehead atoms. The summed E-state index contributed by atoms with van der Waals surface area (Å²) in [7, 11) is -3.63. The van der Waals surface area contributed by atoms with E-state index in [0.29, 0.717) is 11.5 Å². The maximum absolute atomic E-state index is 13.8. The third-order valence-electron chi connectivity index (χ3n) is 4.09. The highest BCUT2D eigenvalue weighted by Crippen LogP contribution is 2.25. The Labute approximate surface area is 126 Å². The second kappa shape index (κ2) is 6.42. The van der Waals surface area contributed by atoms with Crippen LogP contribution >= 0.6 is 0 Å². The third-order valence-corrected chi connectivity index (χ3v) is 5.59. The fraction of sp³-hybridized carbons (Fsp3) is 0.600. The number of nitrogens with two attached hydrogens (primary N) is 1. The Hall–Kier alpha value is -0.980. The molecule has 0 saturated heterocycles. The fourth-order valence-electron chi connectivity index (χ4n) is 2.94. The van der Waals surface area contributed by atoms with Gasteiger partial charge in [0.05, 0.1) is 4.90 Å². The van der Waals surface area contributed by atoms with Crippen LogP contribution < -0.4 is 10.5 Å². The standard InChI is InChI=1S/C15H23FN2O2S/c1-10-4-3-5-13(6-10)18-21(19,20)14-7-11(2)15(16)12(8-14)9-17/h7-8,10,13,18H,3-6,9,17H2,1-2H3. The van der Waals surface area contributed by atoms with E-state index in [0.717, 1.165) is 25.7 Å². The van der Waals surface area contributed by atoms with Gasteiger partial charge in [0.2, 0.25) is 10.0 Å². The van der Waals surface area contributed by atoms with E-state index in [9.17, 15) is 12.8 Å². The van der Waals surface area contributed by atoms with Gasteiger partial charge in [-0.25, -0.2) is 17.5 Å². The molecule has 0 heterocycles. The van der Waals surface area contributed by atoms with Crippen molar-refractivity contribution in [3.05, 3.63) is 29.1 Å². The summed E-state index contributed by atoms with van der Waals surface area (Å²) in [4.78, 5) is 0.0973. The summed E-state index contributed by atoms with van der Waals surface area (Å²) in [6.07, 6.45) is 3.88. The summed E-state index contributed by atoms with van der Waals surface area (Å²) in [5.74, 6) is 0.101. The molecule has 1 aliphatic rings. The zero-order chi connectivity index (χ0) is 15.6. The summed E-state index contributed by atoms with van der Waals surface area (Å²) in [6.45, 7) is 3.67. The topological polar surface area (TPSA) is 72.2 Å². The van der Waals surface area contributed by atoms with Gasteiger partial charge in [0, 0.05) is 18.2 Å². The molecule has 2 rings (SSSR count). The number of benzene rings is 1. The van der Waals surface area contributed by atoms with Crippen molar-refractivity contribution in [3.63, 3.8) is 0 Å². The highest BCUT2D eigenvalue weighted by molar-refractivity contribution is 7.89. The zero-order valence-corrected chi connectivity index (χ0v) is 13.3. The van der Waals surface area contributed by atoms with E-state index in [1.54, 1.807) is 6.92 Å². The minimum absolute atomic E-state index is 0.0174. The minimum atomic E-state index is -3.63. The van der Waals surface area contributed by atoms with Crippen molar-refractivity contribution in [1.82, 2.24) is 4.72 Å². The average Bonchev–Trinajstić information content (AvgIpc) is 2.41. The van der Waals surface area contributed by atoms with Crippen molar-refractivity contribution in [3.8, 4) is 0 Å². The van der Waals surface area contributed by atoms with Crippen molar-refractivity contribution in [2.75, 3.05) is 0 Å². The minimum Gasteiger partial charge on any atom is -0.326 e. The first-order chi connectivity index (χ1) is 9.83. The number of hydrogen-bond acceptors (Lipinski definition) is 3. The van der Waals surface area contributed by atoms with Gasteiger partial charge in [-0.1, -0.05) is 19.8 Å². The quantitative estimate of drug-likeness (QED) is 0.896. The van der Waals surface area contributed by atoms with Gasteiger partial charge in [-0.3, -0.25) is 0 Å². The predicted molar refractivity (Wildman–Crippen MR) is 80.8 cm³/mol. The molecular formula is C15H23FN2O2S. The first kappa shape index (κ1) is 16.4. The van der Waals surface area contributed by atoms with Crippen LogP contribution in [-0.2, 0) is 16.6 Å². The second-order valence-corrected chi connectivity index (χ2v) is 7.72. The predicted octanol–water partition coefficient (Wildman–Crippen LogP) is 2.45.